The maximum Gasteiger partial charge on any atom is 0.264 e. The van der Waals surface area contributed by atoms with Crippen molar-refractivity contribution in [2.75, 3.05) is 17.9 Å². The van der Waals surface area contributed by atoms with Crippen LogP contribution in [-0.2, 0) is 23.2 Å². The van der Waals surface area contributed by atoms with Gasteiger partial charge in [-0.2, -0.15) is 4.98 Å². The quantitative estimate of drug-likeness (QED) is 0.350. The third kappa shape index (κ3) is 6.44. The summed E-state index contributed by atoms with van der Waals surface area (Å²) < 4.78 is 33.7. The molecule has 1 aromatic heterocycles. The summed E-state index contributed by atoms with van der Waals surface area (Å²) in [7, 11) is -4.13. The fourth-order valence-electron chi connectivity index (χ4n) is 2.69. The summed E-state index contributed by atoms with van der Waals surface area (Å²) in [4.78, 5) is 7.83. The third-order valence-electron chi connectivity index (χ3n) is 4.13. The highest BCUT2D eigenvalue weighted by atomic mass is 35.5. The first kappa shape index (κ1) is 24.5. The summed E-state index contributed by atoms with van der Waals surface area (Å²) in [5.74, 6) is -0.241. The van der Waals surface area contributed by atoms with E-state index in [9.17, 15) is 8.42 Å². The van der Waals surface area contributed by atoms with Gasteiger partial charge in [0.15, 0.2) is 5.15 Å². The average Bonchev–Trinajstić information content (AvgIpc) is 2.76. The first-order valence-corrected chi connectivity index (χ1v) is 11.9. The van der Waals surface area contributed by atoms with E-state index in [4.69, 9.17) is 44.6 Å². The molecular weight excluding hydrogens is 499 g/mol. The molecular formula is C20H19Cl3N4O4S. The van der Waals surface area contributed by atoms with Crippen LogP contribution < -0.4 is 14.8 Å². The number of rotatable bonds is 10. The average molecular weight is 518 g/mol. The van der Waals surface area contributed by atoms with Crippen LogP contribution in [0.5, 0.6) is 5.88 Å². The monoisotopic (exact) mass is 516 g/mol. The molecule has 2 aromatic carbocycles. The second-order valence-corrected chi connectivity index (χ2v) is 9.34. The number of halogens is 3. The van der Waals surface area contributed by atoms with E-state index >= 15 is 0 Å². The summed E-state index contributed by atoms with van der Waals surface area (Å²) in [6.07, 6.45) is 1.19. The Morgan fingerprint density at radius 1 is 1.06 bits per heavy atom. The Balaban J connectivity index is 1.79. The summed E-state index contributed by atoms with van der Waals surface area (Å²) in [5.41, 5.74) is 1.81. The van der Waals surface area contributed by atoms with Crippen LogP contribution in [0.3, 0.4) is 0 Å². The number of anilines is 1. The van der Waals surface area contributed by atoms with Crippen LogP contribution in [0.4, 0.5) is 5.82 Å². The number of aromatic nitrogens is 2. The van der Waals surface area contributed by atoms with Crippen molar-refractivity contribution in [1.82, 2.24) is 15.3 Å². The summed E-state index contributed by atoms with van der Waals surface area (Å²) >= 11 is 17.9. The van der Waals surface area contributed by atoms with Gasteiger partial charge in [-0.1, -0.05) is 65.1 Å². The minimum Gasteiger partial charge on any atom is -0.470 e. The lowest BCUT2D eigenvalue weighted by Gasteiger charge is -2.13. The van der Waals surface area contributed by atoms with Crippen molar-refractivity contribution in [1.29, 1.82) is 0 Å². The molecule has 170 valence electrons. The predicted octanol–water partition coefficient (Wildman–Crippen LogP) is 3.90. The fraction of sp³-hybridized carbons (Fsp3) is 0.200. The number of nitrogens with zero attached hydrogens (tertiary/aromatic N) is 2. The number of aliphatic hydroxyl groups is 1. The highest BCUT2D eigenvalue weighted by Gasteiger charge is 2.23. The molecule has 3 N–H and O–H groups in total. The maximum absolute atomic E-state index is 12.8. The number of aliphatic hydroxyl groups excluding tert-OH is 1. The van der Waals surface area contributed by atoms with E-state index in [-0.39, 0.29) is 45.0 Å². The van der Waals surface area contributed by atoms with Gasteiger partial charge in [-0.25, -0.2) is 13.4 Å². The van der Waals surface area contributed by atoms with Gasteiger partial charge in [-0.15, -0.1) is 0 Å². The molecule has 0 bridgehead atoms. The Hall–Kier alpha value is -2.14. The molecule has 0 unspecified atom stereocenters. The summed E-state index contributed by atoms with van der Waals surface area (Å²) in [6, 6.07) is 11.8. The molecule has 0 aliphatic rings. The molecule has 1 heterocycles. The zero-order chi connectivity index (χ0) is 23.1. The Morgan fingerprint density at radius 3 is 2.59 bits per heavy atom. The van der Waals surface area contributed by atoms with Crippen LogP contribution in [0.1, 0.15) is 11.1 Å². The number of nitrogens with one attached hydrogen (secondary N) is 2. The van der Waals surface area contributed by atoms with Gasteiger partial charge < -0.3 is 15.2 Å². The van der Waals surface area contributed by atoms with E-state index in [2.05, 4.69) is 20.0 Å². The normalized spacial score (nSPS) is 11.4. The van der Waals surface area contributed by atoms with Gasteiger partial charge in [0.1, 0.15) is 11.5 Å². The number of hydrogen-bond donors (Lipinski definition) is 3. The smallest absolute Gasteiger partial charge is 0.264 e. The zero-order valence-electron chi connectivity index (χ0n) is 16.6. The van der Waals surface area contributed by atoms with Crippen molar-refractivity contribution >= 4 is 50.6 Å². The molecule has 0 radical (unpaired) electrons. The van der Waals surface area contributed by atoms with Crippen LogP contribution in [0.25, 0.3) is 0 Å². The van der Waals surface area contributed by atoms with Gasteiger partial charge in [0, 0.05) is 13.1 Å². The first-order chi connectivity index (χ1) is 15.3. The van der Waals surface area contributed by atoms with Crippen molar-refractivity contribution in [3.05, 3.63) is 75.0 Å². The lowest BCUT2D eigenvalue weighted by atomic mass is 10.1. The Labute approximate surface area is 200 Å². The van der Waals surface area contributed by atoms with Crippen molar-refractivity contribution in [2.24, 2.45) is 0 Å². The van der Waals surface area contributed by atoms with E-state index in [0.29, 0.717) is 13.1 Å². The third-order valence-corrected chi connectivity index (χ3v) is 6.63. The molecule has 0 saturated heterocycles. The van der Waals surface area contributed by atoms with Crippen molar-refractivity contribution < 1.29 is 18.3 Å². The lowest BCUT2D eigenvalue weighted by Crippen LogP contribution is -2.17. The Kier molecular flexibility index (Phi) is 8.52. The number of sulfonamides is 1. The molecule has 0 atom stereocenters. The second kappa shape index (κ2) is 11.1. The van der Waals surface area contributed by atoms with E-state index < -0.39 is 10.0 Å². The molecule has 0 aliphatic heterocycles. The maximum atomic E-state index is 12.8. The molecule has 0 amide bonds. The first-order valence-electron chi connectivity index (χ1n) is 9.31. The molecule has 12 heteroatoms. The van der Waals surface area contributed by atoms with Gasteiger partial charge >= 0.3 is 0 Å². The minimum atomic E-state index is -4.13. The second-order valence-electron chi connectivity index (χ2n) is 6.51. The fourth-order valence-corrected chi connectivity index (χ4v) is 4.58. The standard InChI is InChI=1S/C20H19Cl3N4O4S/c21-15-5-2-6-16(18(15)23)32(29,30)27-19-20(26-17(22)11-25-19)31-12-14-4-1-3-13(9-14)10-24-7-8-28/h1-6,9,11,24,28H,7-8,10,12H2,(H,25,27). The number of ether oxygens (including phenoxy) is 1. The molecule has 0 aliphatic carbocycles. The van der Waals surface area contributed by atoms with Gasteiger partial charge in [-0.3, -0.25) is 4.72 Å². The van der Waals surface area contributed by atoms with Crippen LogP contribution in [0.15, 0.2) is 53.6 Å². The number of hydrogen-bond acceptors (Lipinski definition) is 7. The van der Waals surface area contributed by atoms with E-state index in [1.54, 1.807) is 0 Å². The van der Waals surface area contributed by atoms with Crippen LogP contribution >= 0.6 is 34.8 Å². The molecule has 0 saturated carbocycles. The lowest BCUT2D eigenvalue weighted by molar-refractivity contribution is 0.291. The van der Waals surface area contributed by atoms with Crippen LogP contribution in [-0.4, -0.2) is 36.6 Å². The minimum absolute atomic E-state index is 0.0330. The van der Waals surface area contributed by atoms with E-state index in [1.807, 2.05) is 24.3 Å². The molecule has 3 rings (SSSR count). The van der Waals surface area contributed by atoms with Gasteiger partial charge in [-0.05, 0) is 23.3 Å². The van der Waals surface area contributed by atoms with Crippen LogP contribution in [0, 0.1) is 0 Å². The van der Waals surface area contributed by atoms with Gasteiger partial charge in [0.25, 0.3) is 15.9 Å². The SMILES string of the molecule is O=S(=O)(Nc1ncc(Cl)nc1OCc1cccc(CNCCO)c1)c1cccc(Cl)c1Cl. The Bertz CT molecular complexity index is 1200. The highest BCUT2D eigenvalue weighted by molar-refractivity contribution is 7.92. The van der Waals surface area contributed by atoms with Crippen molar-refractivity contribution in [3.8, 4) is 5.88 Å². The highest BCUT2D eigenvalue weighted by Crippen LogP contribution is 2.31. The van der Waals surface area contributed by atoms with Gasteiger partial charge in [0.2, 0.25) is 5.82 Å². The largest absolute Gasteiger partial charge is 0.470 e. The van der Waals surface area contributed by atoms with E-state index in [1.165, 1.54) is 24.4 Å². The predicted molar refractivity (Wildman–Crippen MR) is 124 cm³/mol. The molecule has 0 spiro atoms. The molecule has 0 fully saturated rings. The molecule has 3 aromatic rings. The van der Waals surface area contributed by atoms with Gasteiger partial charge in [0.05, 0.1) is 22.8 Å². The number of benzene rings is 2. The zero-order valence-corrected chi connectivity index (χ0v) is 19.6. The summed E-state index contributed by atoms with van der Waals surface area (Å²) in [5, 5.41) is 12.0. The topological polar surface area (TPSA) is 113 Å². The van der Waals surface area contributed by atoms with E-state index in [0.717, 1.165) is 11.1 Å². The molecule has 8 nitrogen and oxygen atoms in total. The Morgan fingerprint density at radius 2 is 1.81 bits per heavy atom. The van der Waals surface area contributed by atoms with Crippen molar-refractivity contribution in [3.63, 3.8) is 0 Å². The van der Waals surface area contributed by atoms with Crippen LogP contribution in [0.2, 0.25) is 15.2 Å². The molecule has 32 heavy (non-hydrogen) atoms. The summed E-state index contributed by atoms with van der Waals surface area (Å²) in [6.45, 7) is 1.21. The van der Waals surface area contributed by atoms with Crippen molar-refractivity contribution in [2.45, 2.75) is 18.0 Å².